The Labute approximate surface area is 172 Å². The van der Waals surface area contributed by atoms with E-state index >= 15 is 0 Å². The number of nitrogens with zero attached hydrogens (tertiary/aromatic N) is 1. The van der Waals surface area contributed by atoms with Gasteiger partial charge in [0.05, 0.1) is 16.6 Å². The van der Waals surface area contributed by atoms with E-state index in [0.29, 0.717) is 6.07 Å². The normalized spacial score (nSPS) is 11.2. The lowest BCUT2D eigenvalue weighted by atomic mass is 10.00. The van der Waals surface area contributed by atoms with Crippen LogP contribution < -0.4 is 0 Å². The molecule has 31 heavy (non-hydrogen) atoms. The summed E-state index contributed by atoms with van der Waals surface area (Å²) < 4.78 is 86.6. The molecule has 0 aliphatic heterocycles. The Morgan fingerprint density at radius 2 is 1.48 bits per heavy atom. The summed E-state index contributed by atoms with van der Waals surface area (Å²) in [5, 5.41) is 0. The number of aromatic nitrogens is 2. The average molecular weight is 434 g/mol. The average Bonchev–Trinajstić information content (AvgIpc) is 3.18. The first kappa shape index (κ1) is 20.4. The second kappa shape index (κ2) is 7.42. The number of ketones is 1. The molecule has 0 unspecified atom stereocenters. The highest BCUT2D eigenvalue weighted by Gasteiger charge is 2.30. The third kappa shape index (κ3) is 3.09. The number of H-pyrrole nitrogens is 1. The van der Waals surface area contributed by atoms with Crippen LogP contribution in [0.2, 0.25) is 0 Å². The maximum Gasteiger partial charge on any atom is 0.187 e. The lowest BCUT2D eigenvalue weighted by molar-refractivity contribution is 0.104. The number of rotatable bonds is 4. The molecule has 0 radical (unpaired) electrons. The SMILES string of the molecule is C=CC(=O)c1cccc2[nH]c(-c3c(F)c(F)c(-c4cccc(F)c4F)c(F)c3F)nc12.[HH]. The summed E-state index contributed by atoms with van der Waals surface area (Å²) in [6.07, 6.45) is 1.01. The molecule has 0 saturated heterocycles. The number of hydrogen-bond donors (Lipinski definition) is 1. The standard InChI is InChI=1S/C22H10F6N2O.H2/c1-2-13(31)9-5-4-8-12-21(9)30-22(29-12)15-19(27)17(25)14(18(26)20(15)28)10-6-3-7-11(23)16(10)24;/h2-8H,1H2,(H,29,30);1H. The van der Waals surface area contributed by atoms with E-state index in [1.807, 2.05) is 0 Å². The van der Waals surface area contributed by atoms with E-state index in [0.717, 1.165) is 18.2 Å². The molecule has 3 nitrogen and oxygen atoms in total. The summed E-state index contributed by atoms with van der Waals surface area (Å²) in [6.45, 7) is 3.35. The molecule has 1 N–H and O–H groups in total. The van der Waals surface area contributed by atoms with Crippen LogP contribution in [0, 0.1) is 34.9 Å². The molecule has 0 spiro atoms. The smallest absolute Gasteiger partial charge is 0.187 e. The molecule has 0 aliphatic carbocycles. The van der Waals surface area contributed by atoms with Crippen molar-refractivity contribution >= 4 is 16.8 Å². The van der Waals surface area contributed by atoms with Crippen molar-refractivity contribution in [3.05, 3.63) is 89.5 Å². The molecule has 9 heteroatoms. The quantitative estimate of drug-likeness (QED) is 0.176. The summed E-state index contributed by atoms with van der Waals surface area (Å²) in [4.78, 5) is 18.4. The van der Waals surface area contributed by atoms with Crippen LogP contribution in [0.4, 0.5) is 26.3 Å². The lowest BCUT2D eigenvalue weighted by Gasteiger charge is -2.12. The van der Waals surface area contributed by atoms with E-state index in [-0.39, 0.29) is 18.0 Å². The van der Waals surface area contributed by atoms with E-state index < -0.39 is 63.2 Å². The number of aromatic amines is 1. The van der Waals surface area contributed by atoms with Crippen LogP contribution in [0.25, 0.3) is 33.5 Å². The van der Waals surface area contributed by atoms with Crippen molar-refractivity contribution in [2.45, 2.75) is 0 Å². The van der Waals surface area contributed by atoms with Crippen molar-refractivity contribution in [1.29, 1.82) is 0 Å². The molecular weight excluding hydrogens is 422 g/mol. The van der Waals surface area contributed by atoms with Gasteiger partial charge in [-0.15, -0.1) is 0 Å². The Bertz CT molecular complexity index is 1370. The van der Waals surface area contributed by atoms with Crippen LogP contribution in [-0.2, 0) is 0 Å². The van der Waals surface area contributed by atoms with Crippen LogP contribution in [0.15, 0.2) is 49.1 Å². The number of benzene rings is 3. The Balaban J connectivity index is 0.00000289. The highest BCUT2D eigenvalue weighted by molar-refractivity contribution is 6.12. The molecule has 1 aromatic heterocycles. The summed E-state index contributed by atoms with van der Waals surface area (Å²) >= 11 is 0. The fourth-order valence-corrected chi connectivity index (χ4v) is 3.23. The summed E-state index contributed by atoms with van der Waals surface area (Å²) in [7, 11) is 0. The molecule has 0 atom stereocenters. The highest BCUT2D eigenvalue weighted by Crippen LogP contribution is 2.38. The zero-order valence-corrected chi connectivity index (χ0v) is 15.4. The second-order valence-corrected chi connectivity index (χ2v) is 6.46. The minimum absolute atomic E-state index is 0. The number of allylic oxidation sites excluding steroid dienone is 1. The summed E-state index contributed by atoms with van der Waals surface area (Å²) in [5.41, 5.74) is -3.35. The Morgan fingerprint density at radius 1 is 0.871 bits per heavy atom. The molecule has 0 saturated carbocycles. The molecule has 0 amide bonds. The number of hydrogen-bond acceptors (Lipinski definition) is 2. The van der Waals surface area contributed by atoms with Crippen LogP contribution in [0.5, 0.6) is 0 Å². The van der Waals surface area contributed by atoms with E-state index in [4.69, 9.17) is 0 Å². The van der Waals surface area contributed by atoms with Gasteiger partial charge >= 0.3 is 0 Å². The van der Waals surface area contributed by atoms with E-state index in [1.165, 1.54) is 18.2 Å². The van der Waals surface area contributed by atoms with Gasteiger partial charge in [-0.05, 0) is 24.3 Å². The Kier molecular flexibility index (Phi) is 4.88. The topological polar surface area (TPSA) is 45.8 Å². The molecule has 0 fully saturated rings. The van der Waals surface area contributed by atoms with Crippen molar-refractivity contribution in [2.75, 3.05) is 0 Å². The maximum atomic E-state index is 14.8. The molecule has 158 valence electrons. The van der Waals surface area contributed by atoms with E-state index in [1.54, 1.807) is 0 Å². The van der Waals surface area contributed by atoms with Crippen molar-refractivity contribution in [2.24, 2.45) is 0 Å². The second-order valence-electron chi connectivity index (χ2n) is 6.46. The van der Waals surface area contributed by atoms with Gasteiger partial charge in [-0.1, -0.05) is 24.8 Å². The largest absolute Gasteiger partial charge is 0.338 e. The van der Waals surface area contributed by atoms with E-state index in [2.05, 4.69) is 16.5 Å². The fraction of sp³-hybridized carbons (Fsp3) is 0. The molecule has 4 rings (SSSR count). The number of nitrogens with one attached hydrogen (secondary N) is 1. The van der Waals surface area contributed by atoms with Gasteiger partial charge in [0.1, 0.15) is 11.3 Å². The van der Waals surface area contributed by atoms with Crippen LogP contribution in [-0.4, -0.2) is 15.8 Å². The predicted molar refractivity (Wildman–Crippen MR) is 103 cm³/mol. The molecular formula is C22H12F6N2O. The third-order valence-corrected chi connectivity index (χ3v) is 4.68. The zero-order chi connectivity index (χ0) is 22.4. The Morgan fingerprint density at radius 3 is 2.13 bits per heavy atom. The molecule has 1 heterocycles. The number of halogens is 6. The molecule has 4 aromatic rings. The molecule has 3 aromatic carbocycles. The first-order chi connectivity index (χ1) is 14.8. The number of carbonyl (C=O) groups is 1. The zero-order valence-electron chi connectivity index (χ0n) is 15.4. The van der Waals surface area contributed by atoms with Crippen molar-refractivity contribution in [1.82, 2.24) is 9.97 Å². The minimum Gasteiger partial charge on any atom is -0.338 e. The monoisotopic (exact) mass is 434 g/mol. The molecule has 0 bridgehead atoms. The maximum absolute atomic E-state index is 14.8. The van der Waals surface area contributed by atoms with E-state index in [9.17, 15) is 31.1 Å². The van der Waals surface area contributed by atoms with Gasteiger partial charge in [0.2, 0.25) is 0 Å². The van der Waals surface area contributed by atoms with Gasteiger partial charge in [-0.2, -0.15) is 0 Å². The van der Waals surface area contributed by atoms with Gasteiger partial charge in [-0.25, -0.2) is 31.3 Å². The van der Waals surface area contributed by atoms with Crippen molar-refractivity contribution in [3.8, 4) is 22.5 Å². The number of carbonyl (C=O) groups excluding carboxylic acids is 1. The van der Waals surface area contributed by atoms with Gasteiger partial charge in [0.15, 0.2) is 40.7 Å². The number of imidazole rings is 1. The number of para-hydroxylation sites is 1. The summed E-state index contributed by atoms with van der Waals surface area (Å²) in [5.74, 6) is -11.8. The molecule has 0 aliphatic rings. The van der Waals surface area contributed by atoms with Gasteiger partial charge in [0.25, 0.3) is 0 Å². The first-order valence-corrected chi connectivity index (χ1v) is 8.72. The fourth-order valence-electron chi connectivity index (χ4n) is 3.23. The lowest BCUT2D eigenvalue weighted by Crippen LogP contribution is -2.05. The first-order valence-electron chi connectivity index (χ1n) is 8.72. The van der Waals surface area contributed by atoms with Crippen LogP contribution >= 0.6 is 0 Å². The minimum atomic E-state index is -1.93. The van der Waals surface area contributed by atoms with Gasteiger partial charge in [-0.3, -0.25) is 4.79 Å². The number of fused-ring (bicyclic) bond motifs is 1. The van der Waals surface area contributed by atoms with Crippen LogP contribution in [0.3, 0.4) is 0 Å². The van der Waals surface area contributed by atoms with Crippen molar-refractivity contribution in [3.63, 3.8) is 0 Å². The Hall–Kier alpha value is -3.88. The third-order valence-electron chi connectivity index (χ3n) is 4.68. The highest BCUT2D eigenvalue weighted by atomic mass is 19.2. The summed E-state index contributed by atoms with van der Waals surface area (Å²) in [6, 6.07) is 6.70. The van der Waals surface area contributed by atoms with Crippen LogP contribution in [0.1, 0.15) is 11.8 Å². The predicted octanol–water partition coefficient (Wildman–Crippen LogP) is 6.35. The van der Waals surface area contributed by atoms with Crippen molar-refractivity contribution < 1.29 is 32.6 Å². The van der Waals surface area contributed by atoms with Gasteiger partial charge < -0.3 is 4.98 Å². The van der Waals surface area contributed by atoms with Gasteiger partial charge in [0, 0.05) is 12.6 Å².